The second kappa shape index (κ2) is 4.21. The van der Waals surface area contributed by atoms with Gasteiger partial charge in [0.05, 0.1) is 18.7 Å². The van der Waals surface area contributed by atoms with Crippen LogP contribution < -0.4 is 11.5 Å². The summed E-state index contributed by atoms with van der Waals surface area (Å²) in [4.78, 5) is 11.5. The normalized spacial score (nSPS) is 19.3. The molecular weight excluding hydrogens is 244 g/mol. The van der Waals surface area contributed by atoms with Crippen molar-refractivity contribution in [3.63, 3.8) is 0 Å². The van der Waals surface area contributed by atoms with Gasteiger partial charge >= 0.3 is 5.76 Å². The van der Waals surface area contributed by atoms with Crippen LogP contribution in [0.3, 0.4) is 0 Å². The number of oxazole rings is 1. The molecule has 1 aliphatic rings. The standard InChI is InChI=1S/C14H18N2O3/c1-9(15)6-14(7-18-8-14)10-3-4-12-11(5-10)16(2)13(17)19-12/h3-5,9H,6-8,15H2,1-2H3. The molecule has 1 unspecified atom stereocenters. The van der Waals surface area contributed by atoms with Gasteiger partial charge in [0.2, 0.25) is 0 Å². The van der Waals surface area contributed by atoms with Gasteiger partial charge in [-0.1, -0.05) is 6.07 Å². The number of benzene rings is 1. The van der Waals surface area contributed by atoms with Gasteiger partial charge in [-0.2, -0.15) is 0 Å². The highest BCUT2D eigenvalue weighted by molar-refractivity contribution is 5.74. The molecule has 1 fully saturated rings. The SMILES string of the molecule is CC(N)CC1(c2ccc3oc(=O)n(C)c3c2)COC1. The maximum atomic E-state index is 11.5. The van der Waals surface area contributed by atoms with E-state index >= 15 is 0 Å². The van der Waals surface area contributed by atoms with Gasteiger partial charge in [0.25, 0.3) is 0 Å². The summed E-state index contributed by atoms with van der Waals surface area (Å²) in [6, 6.07) is 6.00. The van der Waals surface area contributed by atoms with E-state index in [4.69, 9.17) is 14.9 Å². The summed E-state index contributed by atoms with van der Waals surface area (Å²) in [6.45, 7) is 3.38. The fourth-order valence-electron chi connectivity index (χ4n) is 2.82. The molecule has 1 atom stereocenters. The van der Waals surface area contributed by atoms with E-state index in [1.807, 2.05) is 25.1 Å². The van der Waals surface area contributed by atoms with Crippen LogP contribution in [0, 0.1) is 0 Å². The summed E-state index contributed by atoms with van der Waals surface area (Å²) in [6.07, 6.45) is 0.879. The fourth-order valence-corrected chi connectivity index (χ4v) is 2.82. The van der Waals surface area contributed by atoms with Crippen LogP contribution in [0.15, 0.2) is 27.4 Å². The van der Waals surface area contributed by atoms with Crippen LogP contribution in [0.25, 0.3) is 11.1 Å². The van der Waals surface area contributed by atoms with E-state index in [-0.39, 0.29) is 17.2 Å². The van der Waals surface area contributed by atoms with E-state index in [1.54, 1.807) is 7.05 Å². The molecule has 0 bridgehead atoms. The summed E-state index contributed by atoms with van der Waals surface area (Å²) in [5.74, 6) is -0.335. The average Bonchev–Trinajstić information content (AvgIpc) is 2.60. The number of rotatable bonds is 3. The monoisotopic (exact) mass is 262 g/mol. The van der Waals surface area contributed by atoms with Crippen molar-refractivity contribution in [2.45, 2.75) is 24.8 Å². The zero-order valence-corrected chi connectivity index (χ0v) is 11.2. The van der Waals surface area contributed by atoms with E-state index in [1.165, 1.54) is 10.1 Å². The van der Waals surface area contributed by atoms with Crippen LogP contribution in [-0.4, -0.2) is 23.8 Å². The Morgan fingerprint density at radius 3 is 2.79 bits per heavy atom. The van der Waals surface area contributed by atoms with Crippen LogP contribution >= 0.6 is 0 Å². The molecule has 0 aliphatic carbocycles. The Balaban J connectivity index is 2.09. The van der Waals surface area contributed by atoms with Crippen molar-refractivity contribution in [2.75, 3.05) is 13.2 Å². The largest absolute Gasteiger partial charge is 0.419 e. The van der Waals surface area contributed by atoms with E-state index in [9.17, 15) is 4.79 Å². The molecule has 1 aromatic carbocycles. The second-order valence-corrected chi connectivity index (χ2v) is 5.56. The number of hydrogen-bond donors (Lipinski definition) is 1. The molecule has 2 aromatic rings. The first-order valence-corrected chi connectivity index (χ1v) is 6.45. The van der Waals surface area contributed by atoms with E-state index in [0.29, 0.717) is 18.8 Å². The van der Waals surface area contributed by atoms with Crippen molar-refractivity contribution in [1.82, 2.24) is 4.57 Å². The lowest BCUT2D eigenvalue weighted by Crippen LogP contribution is -2.49. The van der Waals surface area contributed by atoms with Crippen molar-refractivity contribution < 1.29 is 9.15 Å². The molecule has 2 N–H and O–H groups in total. The third-order valence-corrected chi connectivity index (χ3v) is 3.87. The maximum absolute atomic E-state index is 11.5. The molecular formula is C14H18N2O3. The third-order valence-electron chi connectivity index (χ3n) is 3.87. The first-order chi connectivity index (χ1) is 9.02. The summed E-state index contributed by atoms with van der Waals surface area (Å²) in [5.41, 5.74) is 8.53. The van der Waals surface area contributed by atoms with Crippen molar-refractivity contribution in [3.05, 3.63) is 34.3 Å². The first kappa shape index (κ1) is 12.4. The molecule has 102 valence electrons. The van der Waals surface area contributed by atoms with Crippen molar-refractivity contribution >= 4 is 11.1 Å². The number of nitrogens with zero attached hydrogens (tertiary/aromatic N) is 1. The fraction of sp³-hybridized carbons (Fsp3) is 0.500. The van der Waals surface area contributed by atoms with Gasteiger partial charge in [0.1, 0.15) is 0 Å². The Bertz CT molecular complexity index is 665. The zero-order chi connectivity index (χ0) is 13.6. The van der Waals surface area contributed by atoms with Gasteiger partial charge in [0.15, 0.2) is 5.58 Å². The minimum atomic E-state index is -0.335. The Labute approximate surface area is 111 Å². The van der Waals surface area contributed by atoms with E-state index in [0.717, 1.165) is 11.9 Å². The molecule has 0 saturated carbocycles. The minimum absolute atomic E-state index is 0.0182. The molecule has 1 aliphatic heterocycles. The summed E-state index contributed by atoms with van der Waals surface area (Å²) in [5, 5.41) is 0. The van der Waals surface area contributed by atoms with Gasteiger partial charge in [0, 0.05) is 18.5 Å². The van der Waals surface area contributed by atoms with Crippen molar-refractivity contribution in [3.8, 4) is 0 Å². The minimum Gasteiger partial charge on any atom is -0.408 e. The lowest BCUT2D eigenvalue weighted by atomic mass is 9.74. The predicted octanol–water partition coefficient (Wildman–Crippen LogP) is 1.14. The van der Waals surface area contributed by atoms with Gasteiger partial charge in [-0.25, -0.2) is 4.79 Å². The van der Waals surface area contributed by atoms with Gasteiger partial charge in [-0.3, -0.25) is 4.57 Å². The number of ether oxygens (including phenoxy) is 1. The summed E-state index contributed by atoms with van der Waals surface area (Å²) >= 11 is 0. The Kier molecular flexibility index (Phi) is 2.76. The van der Waals surface area contributed by atoms with Crippen LogP contribution in [-0.2, 0) is 17.2 Å². The van der Waals surface area contributed by atoms with Gasteiger partial charge in [-0.15, -0.1) is 0 Å². The number of aryl methyl sites for hydroxylation is 1. The molecule has 0 spiro atoms. The summed E-state index contributed by atoms with van der Waals surface area (Å²) < 4.78 is 12.1. The molecule has 0 radical (unpaired) electrons. The molecule has 0 amide bonds. The number of nitrogens with two attached hydrogens (primary N) is 1. The van der Waals surface area contributed by atoms with E-state index < -0.39 is 0 Å². The lowest BCUT2D eigenvalue weighted by molar-refractivity contribution is -0.0664. The van der Waals surface area contributed by atoms with E-state index in [2.05, 4.69) is 0 Å². The summed E-state index contributed by atoms with van der Waals surface area (Å²) in [7, 11) is 1.72. The molecule has 1 aromatic heterocycles. The molecule has 1 saturated heterocycles. The molecule has 2 heterocycles. The van der Waals surface area contributed by atoms with Crippen molar-refractivity contribution in [2.24, 2.45) is 12.8 Å². The second-order valence-electron chi connectivity index (χ2n) is 5.56. The lowest BCUT2D eigenvalue weighted by Gasteiger charge is -2.43. The van der Waals surface area contributed by atoms with Crippen LogP contribution in [0.5, 0.6) is 0 Å². The average molecular weight is 262 g/mol. The van der Waals surface area contributed by atoms with Gasteiger partial charge in [-0.05, 0) is 31.0 Å². The number of hydrogen-bond acceptors (Lipinski definition) is 4. The Hall–Kier alpha value is -1.59. The molecule has 5 heteroatoms. The Morgan fingerprint density at radius 2 is 2.21 bits per heavy atom. The van der Waals surface area contributed by atoms with Crippen LogP contribution in [0.2, 0.25) is 0 Å². The maximum Gasteiger partial charge on any atom is 0.419 e. The first-order valence-electron chi connectivity index (χ1n) is 6.45. The number of fused-ring (bicyclic) bond motifs is 1. The quantitative estimate of drug-likeness (QED) is 0.900. The van der Waals surface area contributed by atoms with Crippen LogP contribution in [0.4, 0.5) is 0 Å². The highest BCUT2D eigenvalue weighted by Crippen LogP contribution is 2.37. The Morgan fingerprint density at radius 1 is 1.47 bits per heavy atom. The number of aromatic nitrogens is 1. The topological polar surface area (TPSA) is 70.4 Å². The third kappa shape index (κ3) is 1.89. The smallest absolute Gasteiger partial charge is 0.408 e. The highest BCUT2D eigenvalue weighted by Gasteiger charge is 2.41. The highest BCUT2D eigenvalue weighted by atomic mass is 16.5. The molecule has 19 heavy (non-hydrogen) atoms. The van der Waals surface area contributed by atoms with Gasteiger partial charge < -0.3 is 14.9 Å². The molecule has 3 rings (SSSR count). The molecule has 5 nitrogen and oxygen atoms in total. The van der Waals surface area contributed by atoms with Crippen LogP contribution in [0.1, 0.15) is 18.9 Å². The predicted molar refractivity (Wildman–Crippen MR) is 72.2 cm³/mol. The van der Waals surface area contributed by atoms with Crippen molar-refractivity contribution in [1.29, 1.82) is 0 Å². The zero-order valence-electron chi connectivity index (χ0n) is 11.2.